The first-order valence-electron chi connectivity index (χ1n) is 8.75. The van der Waals surface area contributed by atoms with Crippen molar-refractivity contribution in [3.63, 3.8) is 0 Å². The van der Waals surface area contributed by atoms with Crippen LogP contribution in [-0.2, 0) is 14.8 Å². The van der Waals surface area contributed by atoms with Gasteiger partial charge >= 0.3 is 0 Å². The summed E-state index contributed by atoms with van der Waals surface area (Å²) in [5.41, 5.74) is 5.45. The fraction of sp³-hybridized carbons (Fsp3) is 0.278. The molecule has 1 fully saturated rings. The fourth-order valence-electron chi connectivity index (χ4n) is 3.03. The van der Waals surface area contributed by atoms with Gasteiger partial charge in [-0.1, -0.05) is 34.8 Å². The van der Waals surface area contributed by atoms with Crippen molar-refractivity contribution in [2.75, 3.05) is 18.5 Å². The van der Waals surface area contributed by atoms with Crippen LogP contribution in [0.3, 0.4) is 0 Å². The molecule has 1 heterocycles. The summed E-state index contributed by atoms with van der Waals surface area (Å²) in [5, 5.41) is 0.789. The number of halogens is 5. The first-order valence-corrected chi connectivity index (χ1v) is 11.3. The molecule has 30 heavy (non-hydrogen) atoms. The van der Waals surface area contributed by atoms with Gasteiger partial charge < -0.3 is 0 Å². The zero-order valence-corrected chi connectivity index (χ0v) is 18.3. The monoisotopic (exact) mass is 497 g/mol. The van der Waals surface area contributed by atoms with Gasteiger partial charge in [-0.25, -0.2) is 17.2 Å². The highest BCUT2D eigenvalue weighted by molar-refractivity contribution is 7.89. The smallest absolute Gasteiger partial charge is 0.243 e. The number of hydrogen-bond donors (Lipinski definition) is 2. The Labute approximate surface area is 187 Å². The molecule has 0 bridgehead atoms. The predicted octanol–water partition coefficient (Wildman–Crippen LogP) is 4.47. The average Bonchev–Trinajstić information content (AvgIpc) is 2.69. The standard InChI is InChI=1S/C18H16Cl3F2N3O3S/c19-11-7-13(20)17(14(21)8-11)24-25-18(27)10-3-5-26(6-4-10)30(28,29)12-1-2-15(22)16(23)9-12/h1-2,7-10,24H,3-6H2,(H,25,27). The Morgan fingerprint density at radius 3 is 2.17 bits per heavy atom. The normalized spacial score (nSPS) is 15.8. The number of benzene rings is 2. The van der Waals surface area contributed by atoms with Crippen LogP contribution in [0.5, 0.6) is 0 Å². The molecule has 12 heteroatoms. The molecule has 0 aromatic heterocycles. The van der Waals surface area contributed by atoms with E-state index < -0.39 is 27.6 Å². The second kappa shape index (κ2) is 9.23. The lowest BCUT2D eigenvalue weighted by molar-refractivity contribution is -0.125. The maximum atomic E-state index is 13.4. The van der Waals surface area contributed by atoms with Crippen molar-refractivity contribution in [1.82, 2.24) is 9.73 Å². The Balaban J connectivity index is 1.60. The van der Waals surface area contributed by atoms with Crippen LogP contribution in [0, 0.1) is 17.6 Å². The zero-order valence-electron chi connectivity index (χ0n) is 15.3. The van der Waals surface area contributed by atoms with E-state index in [1.165, 1.54) is 12.1 Å². The number of piperidine rings is 1. The van der Waals surface area contributed by atoms with Crippen LogP contribution in [0.4, 0.5) is 14.5 Å². The minimum Gasteiger partial charge on any atom is -0.296 e. The first-order chi connectivity index (χ1) is 14.1. The number of carbonyl (C=O) groups is 1. The predicted molar refractivity (Wildman–Crippen MR) is 111 cm³/mol. The van der Waals surface area contributed by atoms with Crippen molar-refractivity contribution in [3.8, 4) is 0 Å². The number of rotatable bonds is 5. The first kappa shape index (κ1) is 23.0. The largest absolute Gasteiger partial charge is 0.296 e. The van der Waals surface area contributed by atoms with Crippen molar-refractivity contribution < 1.29 is 22.0 Å². The van der Waals surface area contributed by atoms with Gasteiger partial charge in [0, 0.05) is 24.0 Å². The van der Waals surface area contributed by atoms with Crippen LogP contribution in [0.1, 0.15) is 12.8 Å². The van der Waals surface area contributed by atoms with Gasteiger partial charge in [-0.2, -0.15) is 4.31 Å². The molecular weight excluding hydrogens is 483 g/mol. The van der Waals surface area contributed by atoms with E-state index in [4.69, 9.17) is 34.8 Å². The summed E-state index contributed by atoms with van der Waals surface area (Å²) in [6, 6.07) is 5.35. The van der Waals surface area contributed by atoms with Gasteiger partial charge in [0.15, 0.2) is 11.6 Å². The topological polar surface area (TPSA) is 78.5 Å². The summed E-state index contributed by atoms with van der Waals surface area (Å²) in [4.78, 5) is 12.1. The lowest BCUT2D eigenvalue weighted by atomic mass is 9.98. The fourth-order valence-corrected chi connectivity index (χ4v) is 5.43. The van der Waals surface area contributed by atoms with Crippen molar-refractivity contribution in [2.45, 2.75) is 17.7 Å². The molecule has 0 unspecified atom stereocenters. The Kier molecular flexibility index (Phi) is 7.09. The van der Waals surface area contributed by atoms with E-state index in [9.17, 15) is 22.0 Å². The van der Waals surface area contributed by atoms with E-state index >= 15 is 0 Å². The van der Waals surface area contributed by atoms with E-state index in [0.29, 0.717) is 11.1 Å². The van der Waals surface area contributed by atoms with Gasteiger partial charge in [0.1, 0.15) is 0 Å². The molecular formula is C18H16Cl3F2N3O3S. The van der Waals surface area contributed by atoms with Crippen LogP contribution >= 0.6 is 34.8 Å². The third-order valence-corrected chi connectivity index (χ3v) is 7.38. The van der Waals surface area contributed by atoms with Gasteiger partial charge in [-0.15, -0.1) is 0 Å². The number of hydrogen-bond acceptors (Lipinski definition) is 4. The lowest BCUT2D eigenvalue weighted by Crippen LogP contribution is -2.44. The maximum absolute atomic E-state index is 13.4. The molecule has 0 atom stereocenters. The average molecular weight is 499 g/mol. The number of nitrogens with one attached hydrogen (secondary N) is 2. The van der Waals surface area contributed by atoms with Crippen LogP contribution in [0.2, 0.25) is 15.1 Å². The summed E-state index contributed by atoms with van der Waals surface area (Å²) in [7, 11) is -3.99. The Morgan fingerprint density at radius 1 is 1.00 bits per heavy atom. The Hall–Kier alpha value is -1.65. The SMILES string of the molecule is O=C(NNc1c(Cl)cc(Cl)cc1Cl)C1CCN(S(=O)(=O)c2ccc(F)c(F)c2)CC1. The number of carbonyl (C=O) groups excluding carboxylic acids is 1. The van der Waals surface area contributed by atoms with Crippen molar-refractivity contribution >= 4 is 56.4 Å². The zero-order chi connectivity index (χ0) is 22.1. The summed E-state index contributed by atoms with van der Waals surface area (Å²) in [6.45, 7) is 0.115. The summed E-state index contributed by atoms with van der Waals surface area (Å²) in [5.74, 6) is -3.19. The second-order valence-electron chi connectivity index (χ2n) is 6.61. The van der Waals surface area contributed by atoms with Crippen molar-refractivity contribution in [3.05, 3.63) is 57.0 Å². The number of amides is 1. The molecule has 2 aromatic carbocycles. The van der Waals surface area contributed by atoms with Crippen LogP contribution in [0.15, 0.2) is 35.2 Å². The molecule has 1 amide bonds. The molecule has 0 radical (unpaired) electrons. The molecule has 0 saturated carbocycles. The minimum atomic E-state index is -3.99. The molecule has 1 aliphatic heterocycles. The number of anilines is 1. The Bertz CT molecular complexity index is 1050. The molecule has 162 valence electrons. The molecule has 6 nitrogen and oxygen atoms in total. The van der Waals surface area contributed by atoms with E-state index in [1.807, 2.05) is 0 Å². The second-order valence-corrected chi connectivity index (χ2v) is 9.80. The summed E-state index contributed by atoms with van der Waals surface area (Å²) in [6.07, 6.45) is 0.497. The molecule has 2 N–H and O–H groups in total. The van der Waals surface area contributed by atoms with E-state index in [-0.39, 0.29) is 52.5 Å². The quantitative estimate of drug-likeness (QED) is 0.596. The highest BCUT2D eigenvalue weighted by atomic mass is 35.5. The molecule has 0 spiro atoms. The van der Waals surface area contributed by atoms with E-state index in [1.54, 1.807) is 0 Å². The van der Waals surface area contributed by atoms with Gasteiger partial charge in [0.25, 0.3) is 0 Å². The molecule has 0 aliphatic carbocycles. The summed E-state index contributed by atoms with van der Waals surface area (Å²) < 4.78 is 52.9. The van der Waals surface area contributed by atoms with Crippen LogP contribution in [-0.4, -0.2) is 31.7 Å². The maximum Gasteiger partial charge on any atom is 0.243 e. The third-order valence-electron chi connectivity index (χ3n) is 4.67. The lowest BCUT2D eigenvalue weighted by Gasteiger charge is -2.30. The van der Waals surface area contributed by atoms with Gasteiger partial charge in [0.05, 0.1) is 20.6 Å². The molecule has 1 saturated heterocycles. The van der Waals surface area contributed by atoms with Gasteiger partial charge in [0.2, 0.25) is 15.9 Å². The number of hydrazine groups is 1. The molecule has 2 aromatic rings. The highest BCUT2D eigenvalue weighted by Crippen LogP contribution is 2.33. The van der Waals surface area contributed by atoms with Crippen LogP contribution in [0.25, 0.3) is 0 Å². The summed E-state index contributed by atoms with van der Waals surface area (Å²) >= 11 is 17.9. The highest BCUT2D eigenvalue weighted by Gasteiger charge is 2.32. The number of nitrogens with zero attached hydrogens (tertiary/aromatic N) is 1. The van der Waals surface area contributed by atoms with Crippen molar-refractivity contribution in [2.24, 2.45) is 5.92 Å². The Morgan fingerprint density at radius 2 is 1.60 bits per heavy atom. The van der Waals surface area contributed by atoms with Crippen molar-refractivity contribution in [1.29, 1.82) is 0 Å². The van der Waals surface area contributed by atoms with Gasteiger partial charge in [-0.05, 0) is 43.2 Å². The third kappa shape index (κ3) is 4.97. The van der Waals surface area contributed by atoms with E-state index in [0.717, 1.165) is 16.4 Å². The van der Waals surface area contributed by atoms with E-state index in [2.05, 4.69) is 10.9 Å². The van der Waals surface area contributed by atoms with Crippen LogP contribution < -0.4 is 10.9 Å². The molecule has 3 rings (SSSR count). The van der Waals surface area contributed by atoms with Gasteiger partial charge in [-0.3, -0.25) is 15.6 Å². The molecule has 1 aliphatic rings. The minimum absolute atomic E-state index is 0.0574. The number of sulfonamides is 1.